The van der Waals surface area contributed by atoms with Gasteiger partial charge in [0.15, 0.2) is 17.5 Å². The summed E-state index contributed by atoms with van der Waals surface area (Å²) >= 11 is 0. The minimum absolute atomic E-state index is 0.0245. The Hall–Kier alpha value is -3.59. The zero-order valence-corrected chi connectivity index (χ0v) is 13.3. The molecule has 0 spiro atoms. The molecule has 0 fully saturated rings. The highest BCUT2D eigenvalue weighted by atomic mass is 16.3. The van der Waals surface area contributed by atoms with Crippen molar-refractivity contribution in [3.8, 4) is 17.4 Å². The number of hydrogen-bond acceptors (Lipinski definition) is 6. The second-order valence-electron chi connectivity index (χ2n) is 5.36. The fourth-order valence-corrected chi connectivity index (χ4v) is 2.37. The zero-order valence-electron chi connectivity index (χ0n) is 13.3. The summed E-state index contributed by atoms with van der Waals surface area (Å²) in [5.74, 6) is -0.980. The van der Waals surface area contributed by atoms with Gasteiger partial charge in [0.25, 0.3) is 0 Å². The maximum atomic E-state index is 12.5. The maximum Gasteiger partial charge on any atom is 0.221 e. The fraction of sp³-hybridized carbons (Fsp3) is 0.105. The SMILES string of the molecule is CC(=O)c1ccc(-c2ccc(C(=O)C(C#N)c3ccncn3)o2)cc1. The first-order valence-electron chi connectivity index (χ1n) is 7.51. The van der Waals surface area contributed by atoms with Gasteiger partial charge in [0.05, 0.1) is 11.8 Å². The molecular weight excluding hydrogens is 318 g/mol. The van der Waals surface area contributed by atoms with Gasteiger partial charge >= 0.3 is 0 Å². The van der Waals surface area contributed by atoms with E-state index in [0.29, 0.717) is 17.0 Å². The summed E-state index contributed by atoms with van der Waals surface area (Å²) in [6.45, 7) is 1.49. The smallest absolute Gasteiger partial charge is 0.221 e. The first-order valence-corrected chi connectivity index (χ1v) is 7.51. The summed E-state index contributed by atoms with van der Waals surface area (Å²) in [6.07, 6.45) is 2.77. The van der Waals surface area contributed by atoms with E-state index in [1.165, 1.54) is 31.6 Å². The molecule has 2 heterocycles. The second kappa shape index (κ2) is 6.89. The van der Waals surface area contributed by atoms with Crippen molar-refractivity contribution in [1.29, 1.82) is 5.26 Å². The molecule has 122 valence electrons. The molecule has 0 saturated heterocycles. The van der Waals surface area contributed by atoms with Crippen LogP contribution in [-0.2, 0) is 0 Å². The van der Waals surface area contributed by atoms with E-state index < -0.39 is 11.7 Å². The van der Waals surface area contributed by atoms with Gasteiger partial charge in [0.2, 0.25) is 5.78 Å². The van der Waals surface area contributed by atoms with Gasteiger partial charge in [-0.15, -0.1) is 0 Å². The van der Waals surface area contributed by atoms with Crippen LogP contribution < -0.4 is 0 Å². The summed E-state index contributed by atoms with van der Waals surface area (Å²) in [5.41, 5.74) is 1.66. The molecule has 0 N–H and O–H groups in total. The number of benzene rings is 1. The Labute approximate surface area is 143 Å². The zero-order chi connectivity index (χ0) is 17.8. The number of rotatable bonds is 5. The lowest BCUT2D eigenvalue weighted by Crippen LogP contribution is -2.12. The van der Waals surface area contributed by atoms with Gasteiger partial charge in [-0.25, -0.2) is 9.97 Å². The average molecular weight is 331 g/mol. The monoisotopic (exact) mass is 331 g/mol. The molecule has 0 aliphatic heterocycles. The molecule has 0 bridgehead atoms. The van der Waals surface area contributed by atoms with E-state index >= 15 is 0 Å². The van der Waals surface area contributed by atoms with Crippen molar-refractivity contribution in [1.82, 2.24) is 9.97 Å². The van der Waals surface area contributed by atoms with E-state index in [4.69, 9.17) is 4.42 Å². The minimum Gasteiger partial charge on any atom is -0.453 e. The Morgan fingerprint density at radius 3 is 2.48 bits per heavy atom. The molecule has 1 aromatic carbocycles. The highest BCUT2D eigenvalue weighted by molar-refractivity contribution is 6.00. The van der Waals surface area contributed by atoms with Crippen LogP contribution in [0.2, 0.25) is 0 Å². The predicted molar refractivity (Wildman–Crippen MR) is 88.9 cm³/mol. The topological polar surface area (TPSA) is 96.8 Å². The van der Waals surface area contributed by atoms with Crippen LogP contribution in [0.4, 0.5) is 0 Å². The number of nitriles is 1. The number of furan rings is 1. The van der Waals surface area contributed by atoms with Crippen LogP contribution >= 0.6 is 0 Å². The van der Waals surface area contributed by atoms with E-state index in [9.17, 15) is 14.9 Å². The van der Waals surface area contributed by atoms with Gasteiger partial charge in [-0.1, -0.05) is 24.3 Å². The third-order valence-corrected chi connectivity index (χ3v) is 3.72. The summed E-state index contributed by atoms with van der Waals surface area (Å²) in [5, 5.41) is 9.31. The third-order valence-electron chi connectivity index (χ3n) is 3.72. The normalized spacial score (nSPS) is 11.5. The quantitative estimate of drug-likeness (QED) is 0.664. The lowest BCUT2D eigenvalue weighted by molar-refractivity contribution is 0.0950. The molecule has 1 atom stereocenters. The van der Waals surface area contributed by atoms with E-state index in [-0.39, 0.29) is 11.5 Å². The lowest BCUT2D eigenvalue weighted by Gasteiger charge is -2.05. The van der Waals surface area contributed by atoms with Gasteiger partial charge in [-0.2, -0.15) is 5.26 Å². The Balaban J connectivity index is 1.86. The molecule has 1 unspecified atom stereocenters. The van der Waals surface area contributed by atoms with E-state index in [1.807, 2.05) is 6.07 Å². The highest BCUT2D eigenvalue weighted by Crippen LogP contribution is 2.26. The van der Waals surface area contributed by atoms with Gasteiger partial charge < -0.3 is 4.42 Å². The number of carbonyl (C=O) groups excluding carboxylic acids is 2. The Bertz CT molecular complexity index is 954. The fourth-order valence-electron chi connectivity index (χ4n) is 2.37. The van der Waals surface area contributed by atoms with Crippen LogP contribution in [0.25, 0.3) is 11.3 Å². The molecule has 0 saturated carbocycles. The standard InChI is InChI=1S/C19H13N3O3/c1-12(23)13-2-4-14(5-3-13)17-6-7-18(25-17)19(24)15(10-20)16-8-9-21-11-22-16/h2-9,11,15H,1H3. The number of Topliss-reactive ketones (excluding diaryl/α,β-unsaturated/α-hetero) is 2. The first kappa shape index (κ1) is 16.3. The molecule has 0 aliphatic rings. The van der Waals surface area contributed by atoms with Crippen molar-refractivity contribution >= 4 is 11.6 Å². The van der Waals surface area contributed by atoms with Crippen molar-refractivity contribution in [2.45, 2.75) is 12.8 Å². The van der Waals surface area contributed by atoms with Crippen molar-refractivity contribution in [3.63, 3.8) is 0 Å². The average Bonchev–Trinajstić information content (AvgIpc) is 3.13. The molecule has 0 amide bonds. The molecule has 3 rings (SSSR count). The third kappa shape index (κ3) is 3.35. The Morgan fingerprint density at radius 2 is 1.88 bits per heavy atom. The van der Waals surface area contributed by atoms with Gasteiger partial charge in [0.1, 0.15) is 12.1 Å². The van der Waals surface area contributed by atoms with Crippen LogP contribution in [0.3, 0.4) is 0 Å². The summed E-state index contributed by atoms with van der Waals surface area (Å²) in [6, 6.07) is 13.5. The molecule has 6 nitrogen and oxygen atoms in total. The molecule has 3 aromatic rings. The molecule has 6 heteroatoms. The number of hydrogen-bond donors (Lipinski definition) is 0. The van der Waals surface area contributed by atoms with Crippen molar-refractivity contribution in [3.05, 3.63) is 72.0 Å². The minimum atomic E-state index is -1.05. The number of nitrogens with zero attached hydrogens (tertiary/aromatic N) is 3. The van der Waals surface area contributed by atoms with Crippen LogP contribution in [-0.4, -0.2) is 21.5 Å². The van der Waals surface area contributed by atoms with E-state index in [1.54, 1.807) is 30.3 Å². The van der Waals surface area contributed by atoms with E-state index in [2.05, 4.69) is 9.97 Å². The predicted octanol–water partition coefficient (Wildman–Crippen LogP) is 3.43. The van der Waals surface area contributed by atoms with Crippen LogP contribution in [0.5, 0.6) is 0 Å². The van der Waals surface area contributed by atoms with E-state index in [0.717, 1.165) is 5.56 Å². The maximum absolute atomic E-state index is 12.5. The Kier molecular flexibility index (Phi) is 4.48. The summed E-state index contributed by atoms with van der Waals surface area (Å²) in [4.78, 5) is 31.6. The van der Waals surface area contributed by atoms with Crippen LogP contribution in [0, 0.1) is 11.3 Å². The lowest BCUT2D eigenvalue weighted by atomic mass is 10.00. The van der Waals surface area contributed by atoms with Crippen molar-refractivity contribution in [2.75, 3.05) is 0 Å². The van der Waals surface area contributed by atoms with Gasteiger partial charge in [0, 0.05) is 17.3 Å². The number of aromatic nitrogens is 2. The Morgan fingerprint density at radius 1 is 1.12 bits per heavy atom. The molecular formula is C19H13N3O3. The second-order valence-corrected chi connectivity index (χ2v) is 5.36. The largest absolute Gasteiger partial charge is 0.453 e. The molecule has 0 aliphatic carbocycles. The molecule has 2 aromatic heterocycles. The van der Waals surface area contributed by atoms with Crippen LogP contribution in [0.15, 0.2) is 59.4 Å². The number of carbonyl (C=O) groups is 2. The highest BCUT2D eigenvalue weighted by Gasteiger charge is 2.26. The molecule has 0 radical (unpaired) electrons. The summed E-state index contributed by atoms with van der Waals surface area (Å²) in [7, 11) is 0. The van der Waals surface area contributed by atoms with Gasteiger partial charge in [-0.3, -0.25) is 9.59 Å². The number of ketones is 2. The first-order chi connectivity index (χ1) is 12.1. The van der Waals surface area contributed by atoms with Crippen LogP contribution in [0.1, 0.15) is 39.4 Å². The van der Waals surface area contributed by atoms with Crippen molar-refractivity contribution < 1.29 is 14.0 Å². The van der Waals surface area contributed by atoms with Crippen molar-refractivity contribution in [2.24, 2.45) is 0 Å². The van der Waals surface area contributed by atoms with Gasteiger partial charge in [-0.05, 0) is 25.1 Å². The molecule has 25 heavy (non-hydrogen) atoms. The summed E-state index contributed by atoms with van der Waals surface area (Å²) < 4.78 is 5.61.